The van der Waals surface area contributed by atoms with E-state index in [2.05, 4.69) is 6.92 Å². The summed E-state index contributed by atoms with van der Waals surface area (Å²) >= 11 is 0. The molecule has 2 atom stereocenters. The predicted octanol–water partition coefficient (Wildman–Crippen LogP) is 3.18. The second-order valence-corrected chi connectivity index (χ2v) is 5.52. The van der Waals surface area contributed by atoms with Crippen molar-refractivity contribution in [3.05, 3.63) is 0 Å². The van der Waals surface area contributed by atoms with Gasteiger partial charge in [0.2, 0.25) is 0 Å². The fourth-order valence-corrected chi connectivity index (χ4v) is 1.70. The number of carbonyl (C=O) groups is 1. The Bertz CT molecular complexity index is 191. The molecule has 1 N–H and O–H groups in total. The van der Waals surface area contributed by atoms with Crippen molar-refractivity contribution in [2.45, 2.75) is 66.4 Å². The lowest BCUT2D eigenvalue weighted by Gasteiger charge is -2.30. The van der Waals surface area contributed by atoms with Crippen molar-refractivity contribution in [1.82, 2.24) is 0 Å². The minimum Gasteiger partial charge on any atom is -0.392 e. The van der Waals surface area contributed by atoms with Crippen LogP contribution in [0.5, 0.6) is 0 Å². The molecule has 0 saturated carbocycles. The van der Waals surface area contributed by atoms with Gasteiger partial charge in [0.15, 0.2) is 0 Å². The van der Waals surface area contributed by atoms with Crippen LogP contribution in [0.25, 0.3) is 0 Å². The van der Waals surface area contributed by atoms with Gasteiger partial charge >= 0.3 is 0 Å². The molecule has 0 spiro atoms. The Hall–Kier alpha value is -0.370. The maximum absolute atomic E-state index is 11.7. The van der Waals surface area contributed by atoms with E-state index in [9.17, 15) is 9.90 Å². The van der Waals surface area contributed by atoms with Crippen LogP contribution in [0.3, 0.4) is 0 Å². The fraction of sp³-hybridized carbons (Fsp3) is 0.923. The Morgan fingerprint density at radius 1 is 1.27 bits per heavy atom. The zero-order chi connectivity index (χ0) is 12.1. The normalized spacial score (nSPS) is 16.1. The van der Waals surface area contributed by atoms with Crippen LogP contribution in [-0.4, -0.2) is 17.0 Å². The highest BCUT2D eigenvalue weighted by Crippen LogP contribution is 2.26. The zero-order valence-corrected chi connectivity index (χ0v) is 10.8. The molecule has 0 aliphatic rings. The molecule has 0 rings (SSSR count). The summed E-state index contributed by atoms with van der Waals surface area (Å²) in [6, 6.07) is 0. The standard InChI is InChI=1S/C13H26O2/c1-6-7-8-9-11(14)10(2)12(15)13(3,4)5/h10,12,15H,6-9H2,1-5H3. The average molecular weight is 214 g/mol. The highest BCUT2D eigenvalue weighted by molar-refractivity contribution is 5.81. The smallest absolute Gasteiger partial charge is 0.138 e. The molecule has 2 nitrogen and oxygen atoms in total. The van der Waals surface area contributed by atoms with Gasteiger partial charge in [0.05, 0.1) is 6.10 Å². The predicted molar refractivity (Wildman–Crippen MR) is 63.8 cm³/mol. The monoisotopic (exact) mass is 214 g/mol. The summed E-state index contributed by atoms with van der Waals surface area (Å²) in [5.41, 5.74) is -0.208. The number of Topliss-reactive ketones (excluding diaryl/α,β-unsaturated/α-hetero) is 1. The van der Waals surface area contributed by atoms with Gasteiger partial charge in [-0.25, -0.2) is 0 Å². The fourth-order valence-electron chi connectivity index (χ4n) is 1.70. The van der Waals surface area contributed by atoms with Gasteiger partial charge in [-0.3, -0.25) is 4.79 Å². The lowest BCUT2D eigenvalue weighted by atomic mass is 9.79. The lowest BCUT2D eigenvalue weighted by Crippen LogP contribution is -2.36. The number of rotatable bonds is 6. The number of hydrogen-bond donors (Lipinski definition) is 1. The molecule has 0 aliphatic carbocycles. The van der Waals surface area contributed by atoms with Crippen LogP contribution < -0.4 is 0 Å². The molecule has 0 bridgehead atoms. The molecule has 0 aromatic carbocycles. The van der Waals surface area contributed by atoms with Crippen molar-refractivity contribution in [2.75, 3.05) is 0 Å². The second kappa shape index (κ2) is 6.26. The molecule has 15 heavy (non-hydrogen) atoms. The number of aliphatic hydroxyl groups is 1. The number of unbranched alkanes of at least 4 members (excludes halogenated alkanes) is 2. The summed E-state index contributed by atoms with van der Waals surface area (Å²) in [6.07, 6.45) is 3.26. The lowest BCUT2D eigenvalue weighted by molar-refractivity contribution is -0.128. The topological polar surface area (TPSA) is 37.3 Å². The van der Waals surface area contributed by atoms with Crippen LogP contribution in [0.2, 0.25) is 0 Å². The van der Waals surface area contributed by atoms with Gasteiger partial charge in [0, 0.05) is 12.3 Å². The molecule has 0 aromatic rings. The average Bonchev–Trinajstić information content (AvgIpc) is 2.14. The molecule has 0 heterocycles. The number of hydrogen-bond acceptors (Lipinski definition) is 2. The first kappa shape index (κ1) is 14.6. The van der Waals surface area contributed by atoms with Crippen molar-refractivity contribution in [3.63, 3.8) is 0 Å². The summed E-state index contributed by atoms with van der Waals surface area (Å²) in [5.74, 6) is -0.0345. The molecule has 2 unspecified atom stereocenters. The molecule has 0 saturated heterocycles. The van der Waals surface area contributed by atoms with Crippen molar-refractivity contribution in [1.29, 1.82) is 0 Å². The van der Waals surface area contributed by atoms with E-state index in [1.807, 2.05) is 27.7 Å². The zero-order valence-electron chi connectivity index (χ0n) is 10.8. The van der Waals surface area contributed by atoms with Gasteiger partial charge in [-0.15, -0.1) is 0 Å². The van der Waals surface area contributed by atoms with E-state index >= 15 is 0 Å². The maximum Gasteiger partial charge on any atom is 0.138 e. The van der Waals surface area contributed by atoms with Crippen molar-refractivity contribution in [2.24, 2.45) is 11.3 Å². The molecule has 0 fully saturated rings. The Kier molecular flexibility index (Phi) is 6.11. The summed E-state index contributed by atoms with van der Waals surface area (Å²) in [6.45, 7) is 9.86. The number of ketones is 1. The van der Waals surface area contributed by atoms with E-state index in [4.69, 9.17) is 0 Å². The number of aliphatic hydroxyl groups excluding tert-OH is 1. The molecular formula is C13H26O2. The van der Waals surface area contributed by atoms with Crippen molar-refractivity contribution in [3.8, 4) is 0 Å². The van der Waals surface area contributed by atoms with E-state index in [-0.39, 0.29) is 17.1 Å². The maximum atomic E-state index is 11.7. The van der Waals surface area contributed by atoms with Gasteiger partial charge in [0.25, 0.3) is 0 Å². The summed E-state index contributed by atoms with van der Waals surface area (Å²) in [7, 11) is 0. The summed E-state index contributed by atoms with van der Waals surface area (Å²) in [4.78, 5) is 11.7. The molecule has 90 valence electrons. The Morgan fingerprint density at radius 2 is 1.80 bits per heavy atom. The van der Waals surface area contributed by atoms with Crippen LogP contribution in [0, 0.1) is 11.3 Å². The van der Waals surface area contributed by atoms with Crippen LogP contribution in [-0.2, 0) is 4.79 Å². The molecule has 2 heteroatoms. The van der Waals surface area contributed by atoms with E-state index in [1.54, 1.807) is 0 Å². The highest BCUT2D eigenvalue weighted by atomic mass is 16.3. The van der Waals surface area contributed by atoms with Crippen LogP contribution >= 0.6 is 0 Å². The highest BCUT2D eigenvalue weighted by Gasteiger charge is 2.31. The summed E-state index contributed by atoms with van der Waals surface area (Å²) in [5, 5.41) is 9.96. The molecule has 0 radical (unpaired) electrons. The molecular weight excluding hydrogens is 188 g/mol. The van der Waals surface area contributed by atoms with Crippen molar-refractivity contribution < 1.29 is 9.90 Å². The first-order valence-corrected chi connectivity index (χ1v) is 6.01. The Morgan fingerprint density at radius 3 is 2.20 bits per heavy atom. The quantitative estimate of drug-likeness (QED) is 0.689. The second-order valence-electron chi connectivity index (χ2n) is 5.52. The largest absolute Gasteiger partial charge is 0.392 e. The first-order chi connectivity index (χ1) is 6.80. The van der Waals surface area contributed by atoms with Crippen LogP contribution in [0.4, 0.5) is 0 Å². The molecule has 0 aliphatic heterocycles. The third kappa shape index (κ3) is 5.31. The van der Waals surface area contributed by atoms with Crippen LogP contribution in [0.15, 0.2) is 0 Å². The van der Waals surface area contributed by atoms with Gasteiger partial charge in [0.1, 0.15) is 5.78 Å². The minimum absolute atomic E-state index is 0.200. The van der Waals surface area contributed by atoms with Crippen molar-refractivity contribution >= 4 is 5.78 Å². The first-order valence-electron chi connectivity index (χ1n) is 6.01. The van der Waals surface area contributed by atoms with Gasteiger partial charge in [-0.05, 0) is 11.8 Å². The summed E-state index contributed by atoms with van der Waals surface area (Å²) < 4.78 is 0. The van der Waals surface area contributed by atoms with E-state index in [1.165, 1.54) is 0 Å². The van der Waals surface area contributed by atoms with Gasteiger partial charge in [-0.1, -0.05) is 47.5 Å². The third-order valence-corrected chi connectivity index (χ3v) is 2.90. The van der Waals surface area contributed by atoms with E-state index in [0.29, 0.717) is 6.42 Å². The SMILES string of the molecule is CCCCCC(=O)C(C)C(O)C(C)(C)C. The van der Waals surface area contributed by atoms with Gasteiger partial charge < -0.3 is 5.11 Å². The third-order valence-electron chi connectivity index (χ3n) is 2.90. The molecule has 0 aromatic heterocycles. The van der Waals surface area contributed by atoms with E-state index in [0.717, 1.165) is 19.3 Å². The molecule has 0 amide bonds. The van der Waals surface area contributed by atoms with Crippen LogP contribution in [0.1, 0.15) is 60.3 Å². The Labute approximate surface area is 94.1 Å². The minimum atomic E-state index is -0.536. The number of carbonyl (C=O) groups excluding carboxylic acids is 1. The van der Waals surface area contributed by atoms with Gasteiger partial charge in [-0.2, -0.15) is 0 Å². The van der Waals surface area contributed by atoms with E-state index < -0.39 is 6.10 Å². The Balaban J connectivity index is 4.08.